The van der Waals surface area contributed by atoms with Crippen molar-refractivity contribution in [3.63, 3.8) is 0 Å². The van der Waals surface area contributed by atoms with E-state index in [0.717, 1.165) is 12.3 Å². The standard InChI is InChI=1S/C12H21NS/c1-5-12(13-9-14)8-6-7-10(2)11(12,3)4/h10H,5-8H2,1-4H3. The van der Waals surface area contributed by atoms with Crippen LogP contribution in [0.25, 0.3) is 0 Å². The second kappa shape index (κ2) is 4.12. The van der Waals surface area contributed by atoms with Crippen molar-refractivity contribution in [1.29, 1.82) is 0 Å². The second-order valence-electron chi connectivity index (χ2n) is 5.10. The van der Waals surface area contributed by atoms with E-state index in [1.54, 1.807) is 0 Å². The van der Waals surface area contributed by atoms with E-state index in [4.69, 9.17) is 12.2 Å². The van der Waals surface area contributed by atoms with Crippen molar-refractivity contribution in [2.75, 3.05) is 0 Å². The number of aliphatic imine (C=N–C) groups is 1. The Morgan fingerprint density at radius 3 is 2.64 bits per heavy atom. The van der Waals surface area contributed by atoms with Crippen molar-refractivity contribution in [2.45, 2.75) is 58.9 Å². The summed E-state index contributed by atoms with van der Waals surface area (Å²) in [4.78, 5) is 4.50. The van der Waals surface area contributed by atoms with Gasteiger partial charge in [-0.3, -0.25) is 0 Å². The van der Waals surface area contributed by atoms with Crippen LogP contribution in [-0.2, 0) is 0 Å². The van der Waals surface area contributed by atoms with Gasteiger partial charge in [-0.05, 0) is 36.4 Å². The molecular formula is C12H21NS. The molecule has 1 nitrogen and oxygen atoms in total. The molecule has 2 heteroatoms. The molecule has 1 fully saturated rings. The van der Waals surface area contributed by atoms with Crippen LogP contribution in [0.2, 0.25) is 0 Å². The minimum Gasteiger partial charge on any atom is -0.225 e. The summed E-state index contributed by atoms with van der Waals surface area (Å²) in [5.41, 5.74) is 0.304. The lowest BCUT2D eigenvalue weighted by atomic mass is 9.57. The van der Waals surface area contributed by atoms with Gasteiger partial charge in [-0.1, -0.05) is 40.5 Å². The SMILES string of the molecule is CCC1(N=C=S)CCCC(C)C1(C)C. The van der Waals surface area contributed by atoms with Crippen LogP contribution in [-0.4, -0.2) is 10.7 Å². The first-order valence-electron chi connectivity index (χ1n) is 5.59. The highest BCUT2D eigenvalue weighted by molar-refractivity contribution is 7.78. The normalized spacial score (nSPS) is 36.1. The third kappa shape index (κ3) is 1.66. The fraction of sp³-hybridized carbons (Fsp3) is 0.917. The summed E-state index contributed by atoms with van der Waals surface area (Å²) < 4.78 is 0. The van der Waals surface area contributed by atoms with Crippen LogP contribution in [0.1, 0.15) is 53.4 Å². The first-order valence-corrected chi connectivity index (χ1v) is 6.00. The van der Waals surface area contributed by atoms with E-state index < -0.39 is 0 Å². The summed E-state index contributed by atoms with van der Waals surface area (Å²) in [6, 6.07) is 0. The van der Waals surface area contributed by atoms with Gasteiger partial charge in [0.05, 0.1) is 10.7 Å². The van der Waals surface area contributed by atoms with Crippen molar-refractivity contribution in [2.24, 2.45) is 16.3 Å². The number of isothiocyanates is 1. The maximum atomic E-state index is 4.80. The average molecular weight is 211 g/mol. The molecule has 0 saturated heterocycles. The smallest absolute Gasteiger partial charge is 0.0761 e. The molecule has 2 atom stereocenters. The summed E-state index contributed by atoms with van der Waals surface area (Å²) in [5.74, 6) is 0.725. The minimum absolute atomic E-state index is 0.0480. The number of nitrogens with zero attached hydrogens (tertiary/aromatic N) is 1. The molecule has 0 spiro atoms. The van der Waals surface area contributed by atoms with Crippen molar-refractivity contribution < 1.29 is 0 Å². The van der Waals surface area contributed by atoms with Gasteiger partial charge < -0.3 is 0 Å². The van der Waals surface area contributed by atoms with E-state index in [0.29, 0.717) is 0 Å². The third-order valence-corrected chi connectivity index (χ3v) is 4.59. The molecule has 1 saturated carbocycles. The van der Waals surface area contributed by atoms with Gasteiger partial charge in [-0.15, -0.1) is 0 Å². The molecule has 0 N–H and O–H groups in total. The molecule has 2 unspecified atom stereocenters. The number of thiocarbonyl (C=S) groups is 1. The predicted octanol–water partition coefficient (Wildman–Crippen LogP) is 4.08. The van der Waals surface area contributed by atoms with Gasteiger partial charge >= 0.3 is 0 Å². The summed E-state index contributed by atoms with van der Waals surface area (Å²) in [5, 5.41) is 2.61. The van der Waals surface area contributed by atoms with Gasteiger partial charge in [0.25, 0.3) is 0 Å². The van der Waals surface area contributed by atoms with Crippen molar-refractivity contribution in [1.82, 2.24) is 0 Å². The first-order chi connectivity index (χ1) is 6.50. The summed E-state index contributed by atoms with van der Waals surface area (Å²) in [6.07, 6.45) is 4.85. The molecule has 1 rings (SSSR count). The molecule has 1 aliphatic rings. The molecule has 0 aliphatic heterocycles. The Morgan fingerprint density at radius 2 is 2.14 bits per heavy atom. The Bertz CT molecular complexity index is 253. The molecule has 1 aliphatic carbocycles. The molecule has 0 aromatic carbocycles. The van der Waals surface area contributed by atoms with Gasteiger partial charge in [-0.25, -0.2) is 4.99 Å². The topological polar surface area (TPSA) is 12.4 Å². The molecule has 0 bridgehead atoms. The molecule has 14 heavy (non-hydrogen) atoms. The largest absolute Gasteiger partial charge is 0.225 e. The van der Waals surface area contributed by atoms with Crippen LogP contribution in [0.5, 0.6) is 0 Å². The van der Waals surface area contributed by atoms with Gasteiger partial charge in [0.2, 0.25) is 0 Å². The maximum Gasteiger partial charge on any atom is 0.0761 e. The van der Waals surface area contributed by atoms with Crippen LogP contribution in [0.4, 0.5) is 0 Å². The van der Waals surface area contributed by atoms with Gasteiger partial charge in [0.15, 0.2) is 0 Å². The summed E-state index contributed by atoms with van der Waals surface area (Å²) >= 11 is 4.80. The zero-order valence-corrected chi connectivity index (χ0v) is 10.6. The van der Waals surface area contributed by atoms with Gasteiger partial charge in [0.1, 0.15) is 0 Å². The van der Waals surface area contributed by atoms with E-state index in [9.17, 15) is 0 Å². The molecule has 80 valence electrons. The van der Waals surface area contributed by atoms with E-state index in [2.05, 4.69) is 37.8 Å². The summed E-state index contributed by atoms with van der Waals surface area (Å²) in [7, 11) is 0. The Labute approximate surface area is 93.0 Å². The van der Waals surface area contributed by atoms with Crippen molar-refractivity contribution in [3.05, 3.63) is 0 Å². The number of hydrogen-bond donors (Lipinski definition) is 0. The third-order valence-electron chi connectivity index (χ3n) is 4.50. The zero-order valence-electron chi connectivity index (χ0n) is 9.76. The van der Waals surface area contributed by atoms with E-state index in [1.165, 1.54) is 19.3 Å². The van der Waals surface area contributed by atoms with Crippen LogP contribution in [0, 0.1) is 11.3 Å². The molecule has 0 aromatic heterocycles. The number of rotatable bonds is 2. The highest BCUT2D eigenvalue weighted by atomic mass is 32.1. The molecular weight excluding hydrogens is 190 g/mol. The van der Waals surface area contributed by atoms with Crippen LogP contribution < -0.4 is 0 Å². The lowest BCUT2D eigenvalue weighted by molar-refractivity contribution is 0.0409. The van der Waals surface area contributed by atoms with Crippen LogP contribution in [0.15, 0.2) is 4.99 Å². The van der Waals surface area contributed by atoms with Crippen molar-refractivity contribution >= 4 is 17.4 Å². The van der Waals surface area contributed by atoms with Gasteiger partial charge in [0, 0.05) is 0 Å². The monoisotopic (exact) mass is 211 g/mol. The summed E-state index contributed by atoms with van der Waals surface area (Å²) in [6.45, 7) is 9.21. The molecule has 0 heterocycles. The second-order valence-corrected chi connectivity index (χ2v) is 5.29. The lowest BCUT2D eigenvalue weighted by Gasteiger charge is -2.50. The first kappa shape index (κ1) is 11.9. The van der Waals surface area contributed by atoms with Crippen LogP contribution >= 0.6 is 12.2 Å². The zero-order chi connectivity index (χ0) is 10.8. The maximum absolute atomic E-state index is 4.80. The number of hydrogen-bond acceptors (Lipinski definition) is 2. The molecule has 0 aromatic rings. The van der Waals surface area contributed by atoms with E-state index in [1.807, 2.05) is 0 Å². The Hall–Kier alpha value is -0.200. The molecule has 0 radical (unpaired) electrons. The molecule has 0 amide bonds. The minimum atomic E-state index is 0.0480. The highest BCUT2D eigenvalue weighted by Crippen LogP contribution is 2.51. The predicted molar refractivity (Wildman–Crippen MR) is 64.8 cm³/mol. The fourth-order valence-electron chi connectivity index (χ4n) is 2.84. The van der Waals surface area contributed by atoms with Gasteiger partial charge in [-0.2, -0.15) is 0 Å². The lowest BCUT2D eigenvalue weighted by Crippen LogP contribution is -2.49. The van der Waals surface area contributed by atoms with Crippen molar-refractivity contribution in [3.8, 4) is 0 Å². The fourth-order valence-corrected chi connectivity index (χ4v) is 3.02. The highest BCUT2D eigenvalue weighted by Gasteiger charge is 2.48. The Morgan fingerprint density at radius 1 is 1.50 bits per heavy atom. The average Bonchev–Trinajstić information content (AvgIpc) is 2.14. The Balaban J connectivity index is 3.09. The Kier molecular flexibility index (Phi) is 3.49. The van der Waals surface area contributed by atoms with E-state index >= 15 is 0 Å². The quantitative estimate of drug-likeness (QED) is 0.495. The van der Waals surface area contributed by atoms with Crippen LogP contribution in [0.3, 0.4) is 0 Å². The van der Waals surface area contributed by atoms with E-state index in [-0.39, 0.29) is 11.0 Å².